The molecular weight excluding hydrogens is 252 g/mol. The Labute approximate surface area is 110 Å². The van der Waals surface area contributed by atoms with Gasteiger partial charge in [0.15, 0.2) is 0 Å². The quantitative estimate of drug-likeness (QED) is 0.927. The van der Waals surface area contributed by atoms with Crippen LogP contribution in [0.3, 0.4) is 0 Å². The van der Waals surface area contributed by atoms with Gasteiger partial charge in [0, 0.05) is 16.3 Å². The highest BCUT2D eigenvalue weighted by molar-refractivity contribution is 6.30. The lowest BCUT2D eigenvalue weighted by molar-refractivity contribution is -0.115. The number of hydrogen-bond donors (Lipinski definition) is 1. The van der Waals surface area contributed by atoms with Crippen molar-refractivity contribution in [1.29, 1.82) is 0 Å². The van der Waals surface area contributed by atoms with Gasteiger partial charge >= 0.3 is 0 Å². The summed E-state index contributed by atoms with van der Waals surface area (Å²) in [6.07, 6.45) is 0.254. The molecule has 1 aromatic carbocycles. The zero-order valence-corrected chi connectivity index (χ0v) is 10.9. The number of aryl methyl sites for hydroxylation is 2. The van der Waals surface area contributed by atoms with Gasteiger partial charge in [-0.25, -0.2) is 0 Å². The SMILES string of the molecule is Cc1noc(C)c1CC(=O)Nc1ccc(Cl)cc1. The fraction of sp³-hybridized carbons (Fsp3) is 0.231. The van der Waals surface area contributed by atoms with Crippen LogP contribution in [0.4, 0.5) is 5.69 Å². The van der Waals surface area contributed by atoms with Crippen LogP contribution in [0.5, 0.6) is 0 Å². The van der Waals surface area contributed by atoms with Gasteiger partial charge in [-0.3, -0.25) is 4.79 Å². The molecule has 1 amide bonds. The predicted octanol–water partition coefficient (Wildman–Crippen LogP) is 3.13. The van der Waals surface area contributed by atoms with Gasteiger partial charge in [0.25, 0.3) is 0 Å². The minimum atomic E-state index is -0.105. The molecule has 0 saturated heterocycles. The highest BCUT2D eigenvalue weighted by Gasteiger charge is 2.13. The van der Waals surface area contributed by atoms with Gasteiger partial charge in [0.05, 0.1) is 12.1 Å². The monoisotopic (exact) mass is 264 g/mol. The van der Waals surface area contributed by atoms with Gasteiger partial charge in [-0.2, -0.15) is 0 Å². The third kappa shape index (κ3) is 2.90. The molecule has 2 aromatic rings. The molecule has 94 valence electrons. The van der Waals surface area contributed by atoms with Crippen molar-refractivity contribution in [2.45, 2.75) is 20.3 Å². The summed E-state index contributed by atoms with van der Waals surface area (Å²) in [5.74, 6) is 0.575. The van der Waals surface area contributed by atoms with Crippen molar-refractivity contribution >= 4 is 23.2 Å². The molecule has 1 heterocycles. The normalized spacial score (nSPS) is 10.4. The highest BCUT2D eigenvalue weighted by atomic mass is 35.5. The summed E-state index contributed by atoms with van der Waals surface area (Å²) in [5.41, 5.74) is 2.30. The van der Waals surface area contributed by atoms with Crippen LogP contribution >= 0.6 is 11.6 Å². The topological polar surface area (TPSA) is 55.1 Å². The maximum Gasteiger partial charge on any atom is 0.228 e. The summed E-state index contributed by atoms with van der Waals surface area (Å²) in [6, 6.07) is 6.97. The first-order valence-electron chi connectivity index (χ1n) is 5.53. The van der Waals surface area contributed by atoms with Crippen molar-refractivity contribution in [2.75, 3.05) is 5.32 Å². The molecule has 0 aliphatic rings. The summed E-state index contributed by atoms with van der Waals surface area (Å²) in [7, 11) is 0. The number of rotatable bonds is 3. The molecule has 0 aliphatic carbocycles. The number of carbonyl (C=O) groups is 1. The molecule has 0 aliphatic heterocycles. The fourth-order valence-electron chi connectivity index (χ4n) is 1.65. The number of hydrogen-bond acceptors (Lipinski definition) is 3. The van der Waals surface area contributed by atoms with Gasteiger partial charge in [-0.1, -0.05) is 16.8 Å². The standard InChI is InChI=1S/C13H13ClN2O2/c1-8-12(9(2)18-16-8)7-13(17)15-11-5-3-10(14)4-6-11/h3-6H,7H2,1-2H3,(H,15,17). The second kappa shape index (κ2) is 5.23. The Morgan fingerprint density at radius 3 is 2.56 bits per heavy atom. The first-order valence-corrected chi connectivity index (χ1v) is 5.91. The van der Waals surface area contributed by atoms with E-state index in [0.717, 1.165) is 16.9 Å². The van der Waals surface area contributed by atoms with Crippen molar-refractivity contribution in [2.24, 2.45) is 0 Å². The van der Waals surface area contributed by atoms with Crippen molar-refractivity contribution in [3.8, 4) is 0 Å². The van der Waals surface area contributed by atoms with Crippen LogP contribution < -0.4 is 5.32 Å². The molecule has 0 saturated carbocycles. The molecule has 4 nitrogen and oxygen atoms in total. The van der Waals surface area contributed by atoms with E-state index in [2.05, 4.69) is 10.5 Å². The Hall–Kier alpha value is -1.81. The lowest BCUT2D eigenvalue weighted by Crippen LogP contribution is -2.15. The zero-order valence-electron chi connectivity index (χ0n) is 10.2. The first kappa shape index (κ1) is 12.6. The third-order valence-corrected chi connectivity index (χ3v) is 2.90. The number of anilines is 1. The van der Waals surface area contributed by atoms with Crippen molar-refractivity contribution < 1.29 is 9.32 Å². The van der Waals surface area contributed by atoms with Gasteiger partial charge < -0.3 is 9.84 Å². The molecule has 0 atom stereocenters. The summed E-state index contributed by atoms with van der Waals surface area (Å²) >= 11 is 5.77. The molecule has 2 rings (SSSR count). The Bertz CT molecular complexity index is 541. The van der Waals surface area contributed by atoms with E-state index < -0.39 is 0 Å². The number of halogens is 1. The average molecular weight is 265 g/mol. The van der Waals surface area contributed by atoms with Gasteiger partial charge in [-0.15, -0.1) is 0 Å². The number of nitrogens with zero attached hydrogens (tertiary/aromatic N) is 1. The van der Waals surface area contributed by atoms with Crippen molar-refractivity contribution in [1.82, 2.24) is 5.16 Å². The van der Waals surface area contributed by atoms with Gasteiger partial charge in [-0.05, 0) is 38.1 Å². The average Bonchev–Trinajstić information content (AvgIpc) is 2.64. The molecule has 1 N–H and O–H groups in total. The second-order valence-corrected chi connectivity index (χ2v) is 4.47. The maximum atomic E-state index is 11.9. The van der Waals surface area contributed by atoms with Crippen LogP contribution in [0, 0.1) is 13.8 Å². The van der Waals surface area contributed by atoms with E-state index >= 15 is 0 Å². The molecule has 0 fully saturated rings. The van der Waals surface area contributed by atoms with E-state index in [1.807, 2.05) is 6.92 Å². The fourth-order valence-corrected chi connectivity index (χ4v) is 1.78. The van der Waals surface area contributed by atoms with Crippen LogP contribution in [0.25, 0.3) is 0 Å². The van der Waals surface area contributed by atoms with Crippen molar-refractivity contribution in [3.05, 3.63) is 46.3 Å². The number of benzene rings is 1. The van der Waals surface area contributed by atoms with E-state index in [0.29, 0.717) is 10.8 Å². The van der Waals surface area contributed by atoms with Crippen LogP contribution in [0.1, 0.15) is 17.0 Å². The van der Waals surface area contributed by atoms with Crippen LogP contribution in [-0.4, -0.2) is 11.1 Å². The van der Waals surface area contributed by atoms with E-state index in [4.69, 9.17) is 16.1 Å². The summed E-state index contributed by atoms with van der Waals surface area (Å²) in [5, 5.41) is 7.25. The molecule has 0 unspecified atom stereocenters. The highest BCUT2D eigenvalue weighted by Crippen LogP contribution is 2.16. The van der Waals surface area contributed by atoms with E-state index in [-0.39, 0.29) is 12.3 Å². The Balaban J connectivity index is 2.03. The zero-order chi connectivity index (χ0) is 13.1. The van der Waals surface area contributed by atoms with E-state index in [1.165, 1.54) is 0 Å². The largest absolute Gasteiger partial charge is 0.361 e. The second-order valence-electron chi connectivity index (χ2n) is 4.03. The minimum absolute atomic E-state index is 0.105. The smallest absolute Gasteiger partial charge is 0.228 e. The molecule has 18 heavy (non-hydrogen) atoms. The number of aromatic nitrogens is 1. The van der Waals surface area contributed by atoms with Crippen LogP contribution in [-0.2, 0) is 11.2 Å². The van der Waals surface area contributed by atoms with Gasteiger partial charge in [0.2, 0.25) is 5.91 Å². The molecule has 0 spiro atoms. The molecule has 5 heteroatoms. The first-order chi connectivity index (χ1) is 8.56. The minimum Gasteiger partial charge on any atom is -0.361 e. The Morgan fingerprint density at radius 2 is 2.00 bits per heavy atom. The summed E-state index contributed by atoms with van der Waals surface area (Å²) in [4.78, 5) is 11.9. The molecule has 0 radical (unpaired) electrons. The molecular formula is C13H13ClN2O2. The number of carbonyl (C=O) groups excluding carboxylic acids is 1. The van der Waals surface area contributed by atoms with E-state index in [1.54, 1.807) is 31.2 Å². The number of amides is 1. The Kier molecular flexibility index (Phi) is 3.67. The number of nitrogens with one attached hydrogen (secondary N) is 1. The van der Waals surface area contributed by atoms with Crippen molar-refractivity contribution in [3.63, 3.8) is 0 Å². The lowest BCUT2D eigenvalue weighted by atomic mass is 10.1. The van der Waals surface area contributed by atoms with Gasteiger partial charge in [0.1, 0.15) is 5.76 Å². The van der Waals surface area contributed by atoms with Crippen LogP contribution in [0.15, 0.2) is 28.8 Å². The maximum absolute atomic E-state index is 11.9. The third-order valence-electron chi connectivity index (χ3n) is 2.65. The summed E-state index contributed by atoms with van der Waals surface area (Å²) < 4.78 is 5.01. The van der Waals surface area contributed by atoms with Crippen LogP contribution in [0.2, 0.25) is 5.02 Å². The molecule has 0 bridgehead atoms. The predicted molar refractivity (Wildman–Crippen MR) is 69.8 cm³/mol. The molecule has 1 aromatic heterocycles. The lowest BCUT2D eigenvalue weighted by Gasteiger charge is -2.04. The summed E-state index contributed by atoms with van der Waals surface area (Å²) in [6.45, 7) is 3.62. The van der Waals surface area contributed by atoms with E-state index in [9.17, 15) is 4.79 Å². The Morgan fingerprint density at radius 1 is 1.33 bits per heavy atom.